The van der Waals surface area contributed by atoms with Gasteiger partial charge in [0, 0.05) is 24.7 Å². The summed E-state index contributed by atoms with van der Waals surface area (Å²) < 4.78 is 5.25. The number of carbonyl (C=O) groups is 2. The van der Waals surface area contributed by atoms with Gasteiger partial charge in [0.2, 0.25) is 5.91 Å². The molecule has 0 aliphatic carbocycles. The fraction of sp³-hybridized carbons (Fsp3) is 0.600. The predicted octanol–water partition coefficient (Wildman–Crippen LogP) is 4.45. The lowest BCUT2D eigenvalue weighted by atomic mass is 10.0. The van der Waals surface area contributed by atoms with E-state index in [0.29, 0.717) is 13.0 Å². The van der Waals surface area contributed by atoms with Crippen LogP contribution in [0, 0.1) is 0 Å². The molecule has 1 heterocycles. The molecule has 1 N–H and O–H groups in total. The van der Waals surface area contributed by atoms with Gasteiger partial charge in [0.25, 0.3) is 5.91 Å². The third kappa shape index (κ3) is 8.02. The Morgan fingerprint density at radius 3 is 2.52 bits per heavy atom. The van der Waals surface area contributed by atoms with Crippen molar-refractivity contribution in [2.75, 3.05) is 13.7 Å². The fourth-order valence-corrected chi connectivity index (χ4v) is 3.75. The summed E-state index contributed by atoms with van der Waals surface area (Å²) in [6.45, 7) is 9.35. The van der Waals surface area contributed by atoms with Crippen LogP contribution >= 0.6 is 0 Å². The van der Waals surface area contributed by atoms with E-state index in [-0.39, 0.29) is 17.4 Å². The van der Waals surface area contributed by atoms with Gasteiger partial charge >= 0.3 is 0 Å². The smallest absolute Gasteiger partial charge is 0.261 e. The van der Waals surface area contributed by atoms with E-state index in [1.165, 1.54) is 0 Å². The van der Waals surface area contributed by atoms with Gasteiger partial charge in [0.1, 0.15) is 11.8 Å². The van der Waals surface area contributed by atoms with E-state index in [9.17, 15) is 9.59 Å². The molecule has 0 bridgehead atoms. The lowest BCUT2D eigenvalue weighted by Crippen LogP contribution is -2.61. The zero-order chi connectivity index (χ0) is 22.9. The van der Waals surface area contributed by atoms with Crippen LogP contribution in [0.25, 0.3) is 0 Å². The maximum absolute atomic E-state index is 13.2. The third-order valence-electron chi connectivity index (χ3n) is 5.28. The monoisotopic (exact) mass is 429 g/mol. The molecule has 0 radical (unpaired) electrons. The molecule has 2 amide bonds. The summed E-state index contributed by atoms with van der Waals surface area (Å²) in [6, 6.07) is 7.34. The number of methoxy groups -OCH3 is 1. The van der Waals surface area contributed by atoms with Crippen LogP contribution in [0.5, 0.6) is 5.75 Å². The number of nitrogens with one attached hydrogen (secondary N) is 1. The van der Waals surface area contributed by atoms with Gasteiger partial charge in [-0.05, 0) is 64.2 Å². The number of hydrazine groups is 1. The molecule has 1 aromatic carbocycles. The van der Waals surface area contributed by atoms with Crippen molar-refractivity contribution in [3.05, 3.63) is 42.0 Å². The number of benzene rings is 1. The number of ether oxygens (including phenoxy) is 1. The summed E-state index contributed by atoms with van der Waals surface area (Å²) in [5.74, 6) is 0.575. The molecule has 1 saturated heterocycles. The summed E-state index contributed by atoms with van der Waals surface area (Å²) in [4.78, 5) is 26.3. The summed E-state index contributed by atoms with van der Waals surface area (Å²) in [5.41, 5.74) is 0.725. The van der Waals surface area contributed by atoms with Crippen LogP contribution < -0.4 is 10.1 Å². The first-order valence-electron chi connectivity index (χ1n) is 11.4. The molecule has 1 fully saturated rings. The minimum Gasteiger partial charge on any atom is -0.497 e. The molecule has 31 heavy (non-hydrogen) atoms. The minimum atomic E-state index is -0.501. The fourth-order valence-electron chi connectivity index (χ4n) is 3.75. The highest BCUT2D eigenvalue weighted by atomic mass is 16.5. The maximum Gasteiger partial charge on any atom is 0.261 e. The topological polar surface area (TPSA) is 61.9 Å². The number of amides is 2. The van der Waals surface area contributed by atoms with E-state index in [2.05, 4.69) is 12.2 Å². The third-order valence-corrected chi connectivity index (χ3v) is 5.28. The first-order chi connectivity index (χ1) is 14.7. The van der Waals surface area contributed by atoms with Gasteiger partial charge in [-0.15, -0.1) is 0 Å². The maximum atomic E-state index is 13.2. The second-order valence-electron chi connectivity index (χ2n) is 9.21. The Morgan fingerprint density at radius 2 is 1.90 bits per heavy atom. The van der Waals surface area contributed by atoms with Crippen LogP contribution in [0.2, 0.25) is 0 Å². The van der Waals surface area contributed by atoms with Crippen molar-refractivity contribution in [2.24, 2.45) is 0 Å². The van der Waals surface area contributed by atoms with E-state index in [0.717, 1.165) is 50.0 Å². The highest BCUT2D eigenvalue weighted by Crippen LogP contribution is 2.23. The standard InChI is InChI=1S/C25H39N3O3/c1-6-7-8-9-10-13-23(29)28-22(24(30)26-25(2,3)4)12-11-18-27(28)19-20-14-16-21(31-5)17-15-20/h10,13-17,22H,6-9,11-12,18-19H2,1-5H3,(H,26,30)/b13-10+. The van der Waals surface area contributed by atoms with Gasteiger partial charge in [-0.25, -0.2) is 5.01 Å². The lowest BCUT2D eigenvalue weighted by molar-refractivity contribution is -0.165. The van der Waals surface area contributed by atoms with Gasteiger partial charge in [0.15, 0.2) is 0 Å². The largest absolute Gasteiger partial charge is 0.497 e. The van der Waals surface area contributed by atoms with Crippen molar-refractivity contribution in [2.45, 2.75) is 84.3 Å². The van der Waals surface area contributed by atoms with Crippen LogP contribution in [-0.2, 0) is 16.1 Å². The molecule has 1 aliphatic rings. The Kier molecular flexibility index (Phi) is 9.56. The molecule has 1 atom stereocenters. The SMILES string of the molecule is CCCCC/C=C/C(=O)N1C(C(=O)NC(C)(C)C)CCCN1Cc1ccc(OC)cc1. The van der Waals surface area contributed by atoms with Gasteiger partial charge in [0.05, 0.1) is 7.11 Å². The van der Waals surface area contributed by atoms with Crippen molar-refractivity contribution < 1.29 is 14.3 Å². The normalized spacial score (nSPS) is 17.7. The first-order valence-corrected chi connectivity index (χ1v) is 11.4. The zero-order valence-corrected chi connectivity index (χ0v) is 19.8. The number of unbranched alkanes of at least 4 members (excludes halogenated alkanes) is 3. The van der Waals surface area contributed by atoms with Crippen LogP contribution in [0.3, 0.4) is 0 Å². The Labute approximate surface area is 187 Å². The van der Waals surface area contributed by atoms with E-state index in [1.807, 2.05) is 56.1 Å². The van der Waals surface area contributed by atoms with Crippen molar-refractivity contribution in [1.82, 2.24) is 15.3 Å². The number of allylic oxidation sites excluding steroid dienone is 1. The lowest BCUT2D eigenvalue weighted by Gasteiger charge is -2.43. The van der Waals surface area contributed by atoms with Gasteiger partial charge in [-0.1, -0.05) is 38.0 Å². The summed E-state index contributed by atoms with van der Waals surface area (Å²) in [5, 5.41) is 6.74. The van der Waals surface area contributed by atoms with Gasteiger partial charge in [-0.2, -0.15) is 0 Å². The highest BCUT2D eigenvalue weighted by molar-refractivity contribution is 5.93. The van der Waals surface area contributed by atoms with Crippen LogP contribution in [0.1, 0.15) is 71.8 Å². The Bertz CT molecular complexity index is 737. The van der Waals surface area contributed by atoms with Crippen LogP contribution in [0.15, 0.2) is 36.4 Å². The summed E-state index contributed by atoms with van der Waals surface area (Å²) >= 11 is 0. The quantitative estimate of drug-likeness (QED) is 0.465. The summed E-state index contributed by atoms with van der Waals surface area (Å²) in [7, 11) is 1.64. The average molecular weight is 430 g/mol. The van der Waals surface area contributed by atoms with E-state index in [4.69, 9.17) is 4.74 Å². The molecule has 1 aliphatic heterocycles. The van der Waals surface area contributed by atoms with Crippen LogP contribution in [0.4, 0.5) is 0 Å². The van der Waals surface area contributed by atoms with Gasteiger partial charge in [-0.3, -0.25) is 14.6 Å². The Morgan fingerprint density at radius 1 is 1.19 bits per heavy atom. The second kappa shape index (κ2) is 11.9. The number of carbonyl (C=O) groups excluding carboxylic acids is 2. The molecular formula is C25H39N3O3. The Balaban J connectivity index is 2.21. The molecular weight excluding hydrogens is 390 g/mol. The van der Waals surface area contributed by atoms with E-state index in [1.54, 1.807) is 18.2 Å². The zero-order valence-electron chi connectivity index (χ0n) is 19.8. The molecule has 2 rings (SSSR count). The number of nitrogens with zero attached hydrogens (tertiary/aromatic N) is 2. The van der Waals surface area contributed by atoms with Crippen molar-refractivity contribution in [1.29, 1.82) is 0 Å². The van der Waals surface area contributed by atoms with Crippen molar-refractivity contribution >= 4 is 11.8 Å². The molecule has 1 unspecified atom stereocenters. The number of hydrogen-bond acceptors (Lipinski definition) is 4. The molecule has 0 spiro atoms. The number of hydrogen-bond donors (Lipinski definition) is 1. The Hall–Kier alpha value is -2.34. The minimum absolute atomic E-state index is 0.0975. The molecule has 0 aromatic heterocycles. The van der Waals surface area contributed by atoms with Gasteiger partial charge < -0.3 is 10.1 Å². The molecule has 6 nitrogen and oxygen atoms in total. The molecule has 6 heteroatoms. The predicted molar refractivity (Wildman–Crippen MR) is 124 cm³/mol. The summed E-state index contributed by atoms with van der Waals surface area (Å²) in [6.07, 6.45) is 9.37. The molecule has 172 valence electrons. The molecule has 1 aromatic rings. The molecule has 0 saturated carbocycles. The highest BCUT2D eigenvalue weighted by Gasteiger charge is 2.37. The number of rotatable bonds is 9. The first kappa shape index (κ1) is 24.9. The van der Waals surface area contributed by atoms with Crippen LogP contribution in [-0.4, -0.2) is 47.1 Å². The van der Waals surface area contributed by atoms with E-state index < -0.39 is 6.04 Å². The van der Waals surface area contributed by atoms with Crippen molar-refractivity contribution in [3.8, 4) is 5.75 Å². The van der Waals surface area contributed by atoms with E-state index >= 15 is 0 Å². The van der Waals surface area contributed by atoms with Crippen molar-refractivity contribution in [3.63, 3.8) is 0 Å². The second-order valence-corrected chi connectivity index (χ2v) is 9.21. The average Bonchev–Trinajstić information content (AvgIpc) is 2.72.